The van der Waals surface area contributed by atoms with Gasteiger partial charge in [0.05, 0.1) is 12.3 Å². The van der Waals surface area contributed by atoms with E-state index < -0.39 is 15.4 Å². The number of hydrogen-bond acceptors (Lipinski definition) is 7. The van der Waals surface area contributed by atoms with E-state index >= 15 is 0 Å². The van der Waals surface area contributed by atoms with Crippen LogP contribution in [0.5, 0.6) is 5.88 Å². The van der Waals surface area contributed by atoms with Gasteiger partial charge in [0.15, 0.2) is 5.82 Å². The number of fused-ring (bicyclic) bond motifs is 2. The Morgan fingerprint density at radius 2 is 2.00 bits per heavy atom. The number of ether oxygens (including phenoxy) is 1. The van der Waals surface area contributed by atoms with Gasteiger partial charge in [-0.05, 0) is 36.7 Å². The van der Waals surface area contributed by atoms with Crippen molar-refractivity contribution in [2.24, 2.45) is 16.7 Å². The lowest BCUT2D eigenvalue weighted by Gasteiger charge is -2.37. The number of sulfonamides is 1. The van der Waals surface area contributed by atoms with Crippen LogP contribution in [0.15, 0.2) is 12.1 Å². The van der Waals surface area contributed by atoms with Crippen molar-refractivity contribution in [3.63, 3.8) is 0 Å². The van der Waals surface area contributed by atoms with Gasteiger partial charge in [0.2, 0.25) is 15.9 Å². The smallest absolute Gasteiger partial charge is 0.233 e. The van der Waals surface area contributed by atoms with Gasteiger partial charge < -0.3 is 9.64 Å². The summed E-state index contributed by atoms with van der Waals surface area (Å²) in [4.78, 5) is 14.6. The van der Waals surface area contributed by atoms with Crippen molar-refractivity contribution in [2.75, 3.05) is 37.8 Å². The zero-order valence-corrected chi connectivity index (χ0v) is 18.4. The van der Waals surface area contributed by atoms with Gasteiger partial charge in [0.25, 0.3) is 0 Å². The van der Waals surface area contributed by atoms with Crippen LogP contribution < -0.4 is 9.64 Å². The maximum Gasteiger partial charge on any atom is 0.233 e. The minimum absolute atomic E-state index is 0.0770. The predicted octanol–water partition coefficient (Wildman–Crippen LogP) is 1.72. The first-order valence-electron chi connectivity index (χ1n) is 10.2. The molecule has 0 aromatic carbocycles. The number of carbonyl (C=O) groups is 1. The highest BCUT2D eigenvalue weighted by atomic mass is 32.2. The molecule has 1 saturated heterocycles. The van der Waals surface area contributed by atoms with Crippen LogP contribution in [0.1, 0.15) is 39.5 Å². The fourth-order valence-electron chi connectivity index (χ4n) is 5.34. The molecule has 1 aromatic heterocycles. The third-order valence-electron chi connectivity index (χ3n) is 7.44. The Bertz CT molecular complexity index is 900. The first-order chi connectivity index (χ1) is 13.5. The molecule has 3 fully saturated rings. The lowest BCUT2D eigenvalue weighted by molar-refractivity contribution is -0.128. The Morgan fingerprint density at radius 3 is 2.55 bits per heavy atom. The molecule has 8 nitrogen and oxygen atoms in total. The fourth-order valence-corrected chi connectivity index (χ4v) is 7.60. The molecule has 0 radical (unpaired) electrons. The molecule has 3 unspecified atom stereocenters. The van der Waals surface area contributed by atoms with Gasteiger partial charge >= 0.3 is 0 Å². The number of Topliss-reactive ketones (excluding diaryl/α,β-unsaturated/α-hetero) is 1. The third kappa shape index (κ3) is 3.32. The van der Waals surface area contributed by atoms with Crippen molar-refractivity contribution >= 4 is 21.6 Å². The van der Waals surface area contributed by atoms with Crippen molar-refractivity contribution < 1.29 is 17.9 Å². The predicted molar refractivity (Wildman–Crippen MR) is 109 cm³/mol. The fraction of sp³-hybridized carbons (Fsp3) is 0.750. The summed E-state index contributed by atoms with van der Waals surface area (Å²) in [6.07, 6.45) is 2.50. The number of anilines is 1. The third-order valence-corrected chi connectivity index (χ3v) is 9.42. The van der Waals surface area contributed by atoms with Crippen LogP contribution in [-0.4, -0.2) is 67.7 Å². The molecule has 0 spiro atoms. The zero-order valence-electron chi connectivity index (χ0n) is 17.6. The van der Waals surface area contributed by atoms with Gasteiger partial charge in [-0.25, -0.2) is 8.42 Å². The van der Waals surface area contributed by atoms with Crippen LogP contribution in [-0.2, 0) is 14.8 Å². The molecule has 2 aliphatic carbocycles. The molecular formula is C20H30N4O4S. The van der Waals surface area contributed by atoms with Crippen molar-refractivity contribution in [1.82, 2.24) is 14.5 Å². The average molecular weight is 423 g/mol. The summed E-state index contributed by atoms with van der Waals surface area (Å²) in [7, 11) is 0.219. The van der Waals surface area contributed by atoms with Crippen molar-refractivity contribution in [3.05, 3.63) is 12.1 Å². The van der Waals surface area contributed by atoms with Crippen LogP contribution >= 0.6 is 0 Å². The summed E-state index contributed by atoms with van der Waals surface area (Å²) in [5, 5.41) is 8.15. The first-order valence-corrected chi connectivity index (χ1v) is 11.8. The van der Waals surface area contributed by atoms with Crippen molar-refractivity contribution in [1.29, 1.82) is 0 Å². The molecule has 2 bridgehead atoms. The van der Waals surface area contributed by atoms with Crippen LogP contribution in [0.4, 0.5) is 5.82 Å². The summed E-state index contributed by atoms with van der Waals surface area (Å²) in [6, 6.07) is 3.56. The van der Waals surface area contributed by atoms with Gasteiger partial charge in [-0.15, -0.1) is 10.2 Å². The Balaban J connectivity index is 1.42. The quantitative estimate of drug-likeness (QED) is 0.689. The molecular weight excluding hydrogens is 392 g/mol. The summed E-state index contributed by atoms with van der Waals surface area (Å²) in [5.74, 6) is 1.48. The van der Waals surface area contributed by atoms with E-state index in [0.29, 0.717) is 37.6 Å². The Labute approximate surface area is 172 Å². The monoisotopic (exact) mass is 422 g/mol. The molecule has 2 heterocycles. The first kappa shape index (κ1) is 20.5. The van der Waals surface area contributed by atoms with Crippen LogP contribution in [0.3, 0.4) is 0 Å². The largest absolute Gasteiger partial charge is 0.472 e. The standard InChI is InChI=1S/C20H30N4O4S/c1-19(2)14-7-9-20(19,16(25)11-14)13-29(26,27)24-10-8-15(12-24)28-18-6-5-17(21-22-18)23(3)4/h5-6,14-15H,7-13H2,1-4H3. The number of carbonyl (C=O) groups excluding carboxylic acids is 1. The maximum absolute atomic E-state index is 13.2. The minimum atomic E-state index is -3.54. The second kappa shape index (κ2) is 6.91. The number of ketones is 1. The summed E-state index contributed by atoms with van der Waals surface area (Å²) in [6.45, 7) is 4.83. The maximum atomic E-state index is 13.2. The van der Waals surface area contributed by atoms with Gasteiger partial charge in [0, 0.05) is 38.5 Å². The number of nitrogens with zero attached hydrogens (tertiary/aromatic N) is 4. The second-order valence-corrected chi connectivity index (χ2v) is 11.4. The summed E-state index contributed by atoms with van der Waals surface area (Å²) in [5.41, 5.74) is -0.987. The second-order valence-electron chi connectivity index (χ2n) is 9.43. The number of hydrogen-bond donors (Lipinski definition) is 0. The zero-order chi connectivity index (χ0) is 21.0. The van der Waals surface area contributed by atoms with E-state index in [0.717, 1.165) is 12.2 Å². The van der Waals surface area contributed by atoms with Gasteiger partial charge in [-0.1, -0.05) is 13.8 Å². The molecule has 0 N–H and O–H groups in total. The van der Waals surface area contributed by atoms with Gasteiger partial charge in [-0.2, -0.15) is 4.31 Å². The Morgan fingerprint density at radius 1 is 1.24 bits per heavy atom. The highest BCUT2D eigenvalue weighted by Gasteiger charge is 2.65. The summed E-state index contributed by atoms with van der Waals surface area (Å²) < 4.78 is 33.8. The number of rotatable bonds is 6. The normalized spacial score (nSPS) is 31.4. The molecule has 0 amide bonds. The molecule has 2 saturated carbocycles. The molecule has 1 aromatic rings. The lowest BCUT2D eigenvalue weighted by Crippen LogP contribution is -2.46. The van der Waals surface area contributed by atoms with Crippen LogP contribution in [0.2, 0.25) is 0 Å². The van der Waals surface area contributed by atoms with Crippen molar-refractivity contribution in [2.45, 2.75) is 45.6 Å². The SMILES string of the molecule is CN(C)c1ccc(OC2CCN(S(=O)(=O)CC34CCC(CC3=O)C4(C)C)C2)nn1. The molecule has 29 heavy (non-hydrogen) atoms. The Hall–Kier alpha value is -1.74. The van der Waals surface area contributed by atoms with Gasteiger partial charge in [-0.3, -0.25) is 4.79 Å². The van der Waals surface area contributed by atoms with E-state index in [1.807, 2.05) is 25.1 Å². The van der Waals surface area contributed by atoms with Crippen molar-refractivity contribution in [3.8, 4) is 5.88 Å². The molecule has 3 atom stereocenters. The van der Waals surface area contributed by atoms with Crippen LogP contribution in [0.25, 0.3) is 0 Å². The molecule has 9 heteroatoms. The van der Waals surface area contributed by atoms with E-state index in [-0.39, 0.29) is 29.6 Å². The Kier molecular flexibility index (Phi) is 4.89. The molecule has 160 valence electrons. The van der Waals surface area contributed by atoms with E-state index in [2.05, 4.69) is 24.0 Å². The summed E-state index contributed by atoms with van der Waals surface area (Å²) >= 11 is 0. The lowest BCUT2D eigenvalue weighted by atomic mass is 9.70. The molecule has 4 rings (SSSR count). The average Bonchev–Trinajstić information content (AvgIpc) is 3.26. The number of aromatic nitrogens is 2. The molecule has 3 aliphatic rings. The van der Waals surface area contributed by atoms with E-state index in [9.17, 15) is 13.2 Å². The topological polar surface area (TPSA) is 92.7 Å². The highest BCUT2D eigenvalue weighted by molar-refractivity contribution is 7.89. The highest BCUT2D eigenvalue weighted by Crippen LogP contribution is 2.64. The molecule has 1 aliphatic heterocycles. The van der Waals surface area contributed by atoms with E-state index in [1.165, 1.54) is 4.31 Å². The minimum Gasteiger partial charge on any atom is -0.472 e. The van der Waals surface area contributed by atoms with Crippen LogP contribution in [0, 0.1) is 16.7 Å². The van der Waals surface area contributed by atoms with Gasteiger partial charge in [0.1, 0.15) is 11.9 Å². The van der Waals surface area contributed by atoms with E-state index in [4.69, 9.17) is 4.74 Å². The van der Waals surface area contributed by atoms with E-state index in [1.54, 1.807) is 6.07 Å².